The summed E-state index contributed by atoms with van der Waals surface area (Å²) >= 11 is 0. The van der Waals surface area contributed by atoms with Gasteiger partial charge in [-0.2, -0.15) is 8.42 Å². The van der Waals surface area contributed by atoms with Gasteiger partial charge in [-0.05, 0) is 19.3 Å². The number of hydrogen-bond acceptors (Lipinski definition) is 6. The Kier molecular flexibility index (Phi) is 15.6. The molecular formula is C17H38NO7S+. The van der Waals surface area contributed by atoms with Crippen LogP contribution in [-0.2, 0) is 29.1 Å². The fourth-order valence-corrected chi connectivity index (χ4v) is 2.72. The largest absolute Gasteiger partial charge is 0.379 e. The lowest BCUT2D eigenvalue weighted by Gasteiger charge is -2.29. The summed E-state index contributed by atoms with van der Waals surface area (Å²) in [5.74, 6) is -0.170. The van der Waals surface area contributed by atoms with Gasteiger partial charge in [0.15, 0.2) is 0 Å². The molecule has 8 nitrogen and oxygen atoms in total. The first-order chi connectivity index (χ1) is 12.3. The molecule has 0 saturated carbocycles. The average molecular weight is 401 g/mol. The van der Waals surface area contributed by atoms with E-state index in [0.717, 1.165) is 37.0 Å². The van der Waals surface area contributed by atoms with Crippen molar-refractivity contribution >= 4 is 10.1 Å². The van der Waals surface area contributed by atoms with Crippen LogP contribution in [0.1, 0.15) is 26.2 Å². The quantitative estimate of drug-likeness (QED) is 0.198. The first-order valence-electron chi connectivity index (χ1n) is 9.35. The van der Waals surface area contributed by atoms with Crippen LogP contribution in [0.3, 0.4) is 0 Å². The van der Waals surface area contributed by atoms with Crippen LogP contribution in [0.25, 0.3) is 0 Å². The van der Waals surface area contributed by atoms with E-state index >= 15 is 0 Å². The van der Waals surface area contributed by atoms with Crippen molar-refractivity contribution in [1.82, 2.24) is 0 Å². The van der Waals surface area contributed by atoms with Crippen LogP contribution in [0.4, 0.5) is 0 Å². The van der Waals surface area contributed by atoms with Crippen LogP contribution in [-0.4, -0.2) is 103 Å². The molecule has 1 N–H and O–H groups in total. The molecule has 0 rings (SSSR count). The molecule has 0 aromatic carbocycles. The Morgan fingerprint density at radius 2 is 1.19 bits per heavy atom. The lowest BCUT2D eigenvalue weighted by molar-refractivity contribution is -0.890. The Morgan fingerprint density at radius 1 is 0.731 bits per heavy atom. The van der Waals surface area contributed by atoms with E-state index < -0.39 is 10.1 Å². The van der Waals surface area contributed by atoms with E-state index in [-0.39, 0.29) is 5.75 Å². The Labute approximate surface area is 159 Å². The van der Waals surface area contributed by atoms with E-state index in [1.165, 1.54) is 0 Å². The molecule has 0 aliphatic carbocycles. The summed E-state index contributed by atoms with van der Waals surface area (Å²) in [6.07, 6.45) is 2.24. The second-order valence-corrected chi connectivity index (χ2v) is 8.40. The van der Waals surface area contributed by atoms with E-state index in [0.29, 0.717) is 52.7 Å². The number of unbranched alkanes of at least 4 members (excludes halogenated alkanes) is 1. The molecule has 0 bridgehead atoms. The standard InChI is InChI=1S/C17H37NO7S/c1-4-9-22-11-13-24-15-16-25-14-12-23-10-8-18(2,3)7-5-6-17-26(19,20)21/h4-17H2,1-3H3/p+1. The highest BCUT2D eigenvalue weighted by atomic mass is 32.2. The van der Waals surface area contributed by atoms with Gasteiger partial charge >= 0.3 is 0 Å². The maximum absolute atomic E-state index is 10.7. The number of rotatable bonds is 19. The Bertz CT molecular complexity index is 415. The van der Waals surface area contributed by atoms with E-state index in [1.54, 1.807) is 0 Å². The summed E-state index contributed by atoms with van der Waals surface area (Å²) in [5, 5.41) is 0. The molecule has 9 heteroatoms. The number of nitrogens with zero attached hydrogens (tertiary/aromatic N) is 1. The molecule has 0 unspecified atom stereocenters. The van der Waals surface area contributed by atoms with Gasteiger partial charge in [-0.3, -0.25) is 4.55 Å². The summed E-state index contributed by atoms with van der Waals surface area (Å²) in [7, 11) is 0.313. The molecule has 0 fully saturated rings. The van der Waals surface area contributed by atoms with Crippen LogP contribution in [0.15, 0.2) is 0 Å². The predicted molar refractivity (Wildman–Crippen MR) is 101 cm³/mol. The highest BCUT2D eigenvalue weighted by Gasteiger charge is 2.15. The number of likely N-dealkylation sites (N-methyl/N-ethyl adjacent to an activating group) is 1. The maximum Gasteiger partial charge on any atom is 0.264 e. The highest BCUT2D eigenvalue weighted by Crippen LogP contribution is 2.03. The third kappa shape index (κ3) is 20.0. The third-order valence-corrected chi connectivity index (χ3v) is 4.53. The molecule has 0 aromatic heterocycles. The van der Waals surface area contributed by atoms with Gasteiger partial charge in [-0.15, -0.1) is 0 Å². The lowest BCUT2D eigenvalue weighted by Crippen LogP contribution is -2.43. The predicted octanol–water partition coefficient (Wildman–Crippen LogP) is 1.21. The zero-order valence-electron chi connectivity index (χ0n) is 16.7. The summed E-state index contributed by atoms with van der Waals surface area (Å²) in [5.41, 5.74) is 0. The Balaban J connectivity index is 3.37. The molecule has 0 saturated heterocycles. The third-order valence-electron chi connectivity index (χ3n) is 3.72. The summed E-state index contributed by atoms with van der Waals surface area (Å²) in [6.45, 7) is 8.57. The topological polar surface area (TPSA) is 91.3 Å². The van der Waals surface area contributed by atoms with Crippen molar-refractivity contribution in [1.29, 1.82) is 0 Å². The fourth-order valence-electron chi connectivity index (χ4n) is 2.15. The first kappa shape index (κ1) is 25.7. The van der Waals surface area contributed by atoms with E-state index in [9.17, 15) is 8.42 Å². The molecule has 0 aliphatic rings. The number of hydrogen-bond donors (Lipinski definition) is 1. The highest BCUT2D eigenvalue weighted by molar-refractivity contribution is 7.85. The maximum atomic E-state index is 10.7. The van der Waals surface area contributed by atoms with Crippen LogP contribution in [0.5, 0.6) is 0 Å². The Morgan fingerprint density at radius 3 is 1.65 bits per heavy atom. The summed E-state index contributed by atoms with van der Waals surface area (Å²) in [4.78, 5) is 0. The zero-order valence-corrected chi connectivity index (χ0v) is 17.5. The van der Waals surface area contributed by atoms with Crippen molar-refractivity contribution in [3.8, 4) is 0 Å². The van der Waals surface area contributed by atoms with Gasteiger partial charge in [0.2, 0.25) is 0 Å². The summed E-state index contributed by atoms with van der Waals surface area (Å²) < 4.78 is 52.5. The SMILES string of the molecule is CCCOCCOCCOCCOCC[N+](C)(C)CCCCS(=O)(=O)O. The van der Waals surface area contributed by atoms with Crippen molar-refractivity contribution in [2.75, 3.05) is 85.8 Å². The van der Waals surface area contributed by atoms with Crippen molar-refractivity contribution in [2.24, 2.45) is 0 Å². The first-order valence-corrected chi connectivity index (χ1v) is 11.0. The van der Waals surface area contributed by atoms with Crippen molar-refractivity contribution < 1.29 is 36.4 Å². The molecule has 0 spiro atoms. The van der Waals surface area contributed by atoms with E-state index in [4.69, 9.17) is 23.5 Å². The van der Waals surface area contributed by atoms with Gasteiger partial charge in [0.1, 0.15) is 6.54 Å². The minimum Gasteiger partial charge on any atom is -0.379 e. The minimum atomic E-state index is -3.84. The molecule has 0 radical (unpaired) electrons. The normalized spacial score (nSPS) is 12.6. The average Bonchev–Trinajstić information content (AvgIpc) is 2.55. The van der Waals surface area contributed by atoms with Gasteiger partial charge in [0, 0.05) is 6.61 Å². The van der Waals surface area contributed by atoms with Gasteiger partial charge in [0.25, 0.3) is 10.1 Å². The van der Waals surface area contributed by atoms with Gasteiger partial charge in [-0.25, -0.2) is 0 Å². The van der Waals surface area contributed by atoms with E-state index in [1.807, 2.05) is 0 Å². The lowest BCUT2D eigenvalue weighted by atomic mass is 10.3. The molecular weight excluding hydrogens is 362 g/mol. The molecule has 0 aromatic rings. The van der Waals surface area contributed by atoms with Crippen LogP contribution >= 0.6 is 0 Å². The van der Waals surface area contributed by atoms with Crippen molar-refractivity contribution in [3.63, 3.8) is 0 Å². The van der Waals surface area contributed by atoms with Crippen LogP contribution < -0.4 is 0 Å². The molecule has 26 heavy (non-hydrogen) atoms. The van der Waals surface area contributed by atoms with Crippen molar-refractivity contribution in [2.45, 2.75) is 26.2 Å². The van der Waals surface area contributed by atoms with Gasteiger partial charge in [0.05, 0.1) is 72.6 Å². The summed E-state index contributed by atoms with van der Waals surface area (Å²) in [6, 6.07) is 0. The molecule has 0 atom stereocenters. The fraction of sp³-hybridized carbons (Fsp3) is 1.00. The smallest absolute Gasteiger partial charge is 0.264 e. The van der Waals surface area contributed by atoms with Crippen LogP contribution in [0, 0.1) is 0 Å². The van der Waals surface area contributed by atoms with Crippen molar-refractivity contribution in [3.05, 3.63) is 0 Å². The zero-order chi connectivity index (χ0) is 19.7. The van der Waals surface area contributed by atoms with Gasteiger partial charge in [-0.1, -0.05) is 6.92 Å². The second-order valence-electron chi connectivity index (χ2n) is 6.83. The molecule has 158 valence electrons. The van der Waals surface area contributed by atoms with Crippen LogP contribution in [0.2, 0.25) is 0 Å². The monoisotopic (exact) mass is 400 g/mol. The van der Waals surface area contributed by atoms with Gasteiger partial charge < -0.3 is 23.4 Å². The minimum absolute atomic E-state index is 0.170. The second kappa shape index (κ2) is 15.7. The molecule has 0 amide bonds. The van der Waals surface area contributed by atoms with E-state index in [2.05, 4.69) is 21.0 Å². The Hall–Kier alpha value is -0.290. The molecule has 0 aliphatic heterocycles. The number of quaternary nitrogens is 1. The molecule has 0 heterocycles. The number of ether oxygens (including phenoxy) is 4.